The molecular formula is C13H27NO. The van der Waals surface area contributed by atoms with Crippen molar-refractivity contribution in [2.75, 3.05) is 6.61 Å². The van der Waals surface area contributed by atoms with Crippen molar-refractivity contribution < 1.29 is 4.74 Å². The summed E-state index contributed by atoms with van der Waals surface area (Å²) in [7, 11) is 0. The number of nitrogens with two attached hydrogens (primary N) is 1. The molecule has 0 spiro atoms. The lowest BCUT2D eigenvalue weighted by molar-refractivity contribution is 0.0182. The molecule has 1 fully saturated rings. The van der Waals surface area contributed by atoms with Gasteiger partial charge in [-0.2, -0.15) is 0 Å². The van der Waals surface area contributed by atoms with Gasteiger partial charge in [-0.1, -0.05) is 40.0 Å². The van der Waals surface area contributed by atoms with E-state index >= 15 is 0 Å². The smallest absolute Gasteiger partial charge is 0.0725 e. The van der Waals surface area contributed by atoms with Crippen LogP contribution in [0.1, 0.15) is 59.3 Å². The standard InChI is InChI=1S/C13H27NO/c1-13(2,3)9-10-15-12-8-6-4-5-7-11(12)14/h11-12H,4-10,14H2,1-3H3. The van der Waals surface area contributed by atoms with Crippen molar-refractivity contribution in [2.45, 2.75) is 71.4 Å². The zero-order valence-electron chi connectivity index (χ0n) is 10.6. The van der Waals surface area contributed by atoms with E-state index in [1.54, 1.807) is 0 Å². The van der Waals surface area contributed by atoms with Crippen molar-refractivity contribution in [1.82, 2.24) is 0 Å². The van der Waals surface area contributed by atoms with Crippen LogP contribution in [0.4, 0.5) is 0 Å². The lowest BCUT2D eigenvalue weighted by Gasteiger charge is -2.24. The Bertz CT molecular complexity index is 174. The van der Waals surface area contributed by atoms with Crippen LogP contribution in [0.2, 0.25) is 0 Å². The van der Waals surface area contributed by atoms with E-state index in [2.05, 4.69) is 20.8 Å². The second-order valence-corrected chi connectivity index (χ2v) is 6.02. The van der Waals surface area contributed by atoms with Crippen molar-refractivity contribution in [3.8, 4) is 0 Å². The van der Waals surface area contributed by atoms with Crippen LogP contribution >= 0.6 is 0 Å². The van der Waals surface area contributed by atoms with E-state index in [1.165, 1.54) is 19.3 Å². The molecule has 2 unspecified atom stereocenters. The summed E-state index contributed by atoms with van der Waals surface area (Å²) in [6.07, 6.45) is 7.62. The summed E-state index contributed by atoms with van der Waals surface area (Å²) in [6.45, 7) is 7.62. The SMILES string of the molecule is CC(C)(C)CCOC1CCCCCC1N. The van der Waals surface area contributed by atoms with Crippen LogP contribution in [0.3, 0.4) is 0 Å². The maximum atomic E-state index is 6.10. The van der Waals surface area contributed by atoms with Gasteiger partial charge in [0, 0.05) is 12.6 Å². The maximum Gasteiger partial charge on any atom is 0.0725 e. The van der Waals surface area contributed by atoms with Crippen LogP contribution in [-0.2, 0) is 4.74 Å². The predicted octanol–water partition coefficient (Wildman–Crippen LogP) is 3.10. The summed E-state index contributed by atoms with van der Waals surface area (Å²) in [6, 6.07) is 0.271. The average Bonchev–Trinajstić information content (AvgIpc) is 2.30. The Labute approximate surface area is 94.6 Å². The normalized spacial score (nSPS) is 28.8. The highest BCUT2D eigenvalue weighted by molar-refractivity contribution is 4.77. The third-order valence-electron chi connectivity index (χ3n) is 3.19. The lowest BCUT2D eigenvalue weighted by Crippen LogP contribution is -2.36. The summed E-state index contributed by atoms with van der Waals surface area (Å²) in [4.78, 5) is 0. The van der Waals surface area contributed by atoms with E-state index in [0.717, 1.165) is 25.9 Å². The first kappa shape index (κ1) is 13.0. The molecule has 90 valence electrons. The number of hydrogen-bond donors (Lipinski definition) is 1. The lowest BCUT2D eigenvalue weighted by atomic mass is 9.93. The van der Waals surface area contributed by atoms with Crippen molar-refractivity contribution in [3.63, 3.8) is 0 Å². The molecule has 0 aromatic rings. The molecule has 0 aromatic carbocycles. The molecular weight excluding hydrogens is 186 g/mol. The Balaban J connectivity index is 2.23. The Morgan fingerprint density at radius 1 is 1.13 bits per heavy atom. The summed E-state index contributed by atoms with van der Waals surface area (Å²) in [5.74, 6) is 0. The number of ether oxygens (including phenoxy) is 1. The summed E-state index contributed by atoms with van der Waals surface area (Å²) < 4.78 is 5.93. The van der Waals surface area contributed by atoms with Crippen molar-refractivity contribution in [2.24, 2.45) is 11.1 Å². The van der Waals surface area contributed by atoms with Gasteiger partial charge < -0.3 is 10.5 Å². The largest absolute Gasteiger partial charge is 0.377 e. The minimum Gasteiger partial charge on any atom is -0.377 e. The van der Waals surface area contributed by atoms with Gasteiger partial charge in [0.1, 0.15) is 0 Å². The quantitative estimate of drug-likeness (QED) is 0.731. The van der Waals surface area contributed by atoms with Crippen molar-refractivity contribution in [1.29, 1.82) is 0 Å². The first-order valence-corrected chi connectivity index (χ1v) is 6.36. The van der Waals surface area contributed by atoms with E-state index in [-0.39, 0.29) is 6.04 Å². The van der Waals surface area contributed by atoms with Gasteiger partial charge in [0.15, 0.2) is 0 Å². The molecule has 0 bridgehead atoms. The van der Waals surface area contributed by atoms with E-state index in [4.69, 9.17) is 10.5 Å². The molecule has 1 aliphatic carbocycles. The Morgan fingerprint density at radius 2 is 1.80 bits per heavy atom. The minimum atomic E-state index is 0.271. The van der Waals surface area contributed by atoms with E-state index < -0.39 is 0 Å². The fourth-order valence-electron chi connectivity index (χ4n) is 2.03. The molecule has 2 heteroatoms. The van der Waals surface area contributed by atoms with Crippen LogP contribution in [0.5, 0.6) is 0 Å². The molecule has 2 N–H and O–H groups in total. The van der Waals surface area contributed by atoms with Gasteiger partial charge in [-0.25, -0.2) is 0 Å². The van der Waals surface area contributed by atoms with Gasteiger partial charge in [-0.15, -0.1) is 0 Å². The van der Waals surface area contributed by atoms with Gasteiger partial charge in [0.25, 0.3) is 0 Å². The van der Waals surface area contributed by atoms with Gasteiger partial charge >= 0.3 is 0 Å². The monoisotopic (exact) mass is 213 g/mol. The molecule has 0 radical (unpaired) electrons. The average molecular weight is 213 g/mol. The molecule has 15 heavy (non-hydrogen) atoms. The molecule has 1 saturated carbocycles. The number of rotatable bonds is 3. The van der Waals surface area contributed by atoms with Crippen LogP contribution in [-0.4, -0.2) is 18.8 Å². The van der Waals surface area contributed by atoms with Gasteiger partial charge in [0.2, 0.25) is 0 Å². The second kappa shape index (κ2) is 5.86. The van der Waals surface area contributed by atoms with E-state index in [9.17, 15) is 0 Å². The van der Waals surface area contributed by atoms with Crippen LogP contribution in [0, 0.1) is 5.41 Å². The van der Waals surface area contributed by atoms with Gasteiger partial charge in [-0.05, 0) is 24.7 Å². The van der Waals surface area contributed by atoms with Gasteiger partial charge in [0.05, 0.1) is 6.10 Å². The second-order valence-electron chi connectivity index (χ2n) is 6.02. The molecule has 1 rings (SSSR count). The Morgan fingerprint density at radius 3 is 2.47 bits per heavy atom. The molecule has 0 aliphatic heterocycles. The Kier molecular flexibility index (Phi) is 5.07. The topological polar surface area (TPSA) is 35.2 Å². The zero-order valence-corrected chi connectivity index (χ0v) is 10.6. The predicted molar refractivity (Wildman–Crippen MR) is 64.9 cm³/mol. The minimum absolute atomic E-state index is 0.271. The highest BCUT2D eigenvalue weighted by atomic mass is 16.5. The zero-order chi connectivity index (χ0) is 11.3. The fourth-order valence-corrected chi connectivity index (χ4v) is 2.03. The highest BCUT2D eigenvalue weighted by Gasteiger charge is 2.21. The van der Waals surface area contributed by atoms with Crippen LogP contribution in [0.25, 0.3) is 0 Å². The van der Waals surface area contributed by atoms with Crippen LogP contribution < -0.4 is 5.73 Å². The fraction of sp³-hybridized carbons (Fsp3) is 1.00. The molecule has 1 aliphatic rings. The molecule has 0 aromatic heterocycles. The maximum absolute atomic E-state index is 6.10. The third-order valence-corrected chi connectivity index (χ3v) is 3.19. The highest BCUT2D eigenvalue weighted by Crippen LogP contribution is 2.22. The molecule has 2 atom stereocenters. The summed E-state index contributed by atoms with van der Waals surface area (Å²) in [5, 5.41) is 0. The molecule has 0 heterocycles. The van der Waals surface area contributed by atoms with Gasteiger partial charge in [-0.3, -0.25) is 0 Å². The molecule has 0 amide bonds. The molecule has 2 nitrogen and oxygen atoms in total. The molecule has 0 saturated heterocycles. The first-order valence-electron chi connectivity index (χ1n) is 6.36. The Hall–Kier alpha value is -0.0800. The summed E-state index contributed by atoms with van der Waals surface area (Å²) in [5.41, 5.74) is 6.47. The third kappa shape index (κ3) is 5.53. The van der Waals surface area contributed by atoms with Crippen molar-refractivity contribution in [3.05, 3.63) is 0 Å². The summed E-state index contributed by atoms with van der Waals surface area (Å²) >= 11 is 0. The number of hydrogen-bond acceptors (Lipinski definition) is 2. The van der Waals surface area contributed by atoms with Crippen LogP contribution in [0.15, 0.2) is 0 Å². The van der Waals surface area contributed by atoms with Crippen molar-refractivity contribution >= 4 is 0 Å². The van der Waals surface area contributed by atoms with E-state index in [1.807, 2.05) is 0 Å². The first-order chi connectivity index (χ1) is 6.99. The van der Waals surface area contributed by atoms with E-state index in [0.29, 0.717) is 11.5 Å².